The molecule has 1 aromatic heterocycles. The maximum absolute atomic E-state index is 12.8. The van der Waals surface area contributed by atoms with Crippen LogP contribution in [0.25, 0.3) is 5.57 Å². The van der Waals surface area contributed by atoms with E-state index in [1.807, 2.05) is 18.5 Å². The van der Waals surface area contributed by atoms with Crippen LogP contribution in [0.2, 0.25) is 0 Å². The molecule has 2 heterocycles. The van der Waals surface area contributed by atoms with Crippen molar-refractivity contribution in [3.8, 4) is 0 Å². The van der Waals surface area contributed by atoms with Crippen LogP contribution >= 0.6 is 0 Å². The number of aryl methyl sites for hydroxylation is 1. The number of carbonyl (C=O) groups excluding carboxylic acids is 2. The van der Waals surface area contributed by atoms with Gasteiger partial charge in [0, 0.05) is 39.0 Å². The van der Waals surface area contributed by atoms with E-state index in [1.165, 1.54) is 6.20 Å². The third-order valence-corrected chi connectivity index (χ3v) is 4.19. The zero-order valence-electron chi connectivity index (χ0n) is 13.3. The number of carbonyl (C=O) groups is 2. The zero-order valence-corrected chi connectivity index (χ0v) is 13.3. The molecule has 1 atom stereocenters. The smallest absolute Gasteiger partial charge is 0.256 e. The molecule has 2 N–H and O–H groups in total. The summed E-state index contributed by atoms with van der Waals surface area (Å²) in [7, 11) is 3.49. The number of aromatic nitrogens is 1. The molecule has 22 heavy (non-hydrogen) atoms. The van der Waals surface area contributed by atoms with E-state index in [4.69, 9.17) is 10.5 Å². The van der Waals surface area contributed by atoms with Crippen molar-refractivity contribution in [2.75, 3.05) is 20.3 Å². The summed E-state index contributed by atoms with van der Waals surface area (Å²) >= 11 is 0. The predicted molar refractivity (Wildman–Crippen MR) is 84.3 cm³/mol. The Hall–Kier alpha value is -2.08. The topological polar surface area (TPSA) is 77.6 Å². The molecule has 1 fully saturated rings. The van der Waals surface area contributed by atoms with E-state index in [0.29, 0.717) is 12.2 Å². The van der Waals surface area contributed by atoms with Crippen molar-refractivity contribution in [2.24, 2.45) is 12.8 Å². The highest BCUT2D eigenvalue weighted by molar-refractivity contribution is 5.98. The minimum atomic E-state index is -0.0446. The van der Waals surface area contributed by atoms with Gasteiger partial charge >= 0.3 is 0 Å². The monoisotopic (exact) mass is 305 g/mol. The Bertz CT molecular complexity index is 604. The van der Waals surface area contributed by atoms with Crippen molar-refractivity contribution >= 4 is 17.8 Å². The molecular formula is C16H23N3O3. The predicted octanol–water partition coefficient (Wildman–Crippen LogP) is 0.947. The lowest BCUT2D eigenvalue weighted by Gasteiger charge is -2.40. The lowest BCUT2D eigenvalue weighted by molar-refractivity contribution is -0.107. The van der Waals surface area contributed by atoms with E-state index < -0.39 is 0 Å². The molecule has 0 unspecified atom stereocenters. The Labute approximate surface area is 130 Å². The molecule has 6 nitrogen and oxygen atoms in total. The molecule has 0 saturated carbocycles. The van der Waals surface area contributed by atoms with E-state index in [0.717, 1.165) is 36.1 Å². The number of ether oxygens (including phenoxy) is 1. The maximum atomic E-state index is 12.8. The van der Waals surface area contributed by atoms with Gasteiger partial charge in [0.05, 0.1) is 18.2 Å². The molecule has 0 spiro atoms. The third-order valence-electron chi connectivity index (χ3n) is 4.19. The molecule has 1 saturated heterocycles. The van der Waals surface area contributed by atoms with Crippen LogP contribution in [0.4, 0.5) is 0 Å². The molecule has 1 aliphatic heterocycles. The SMILES string of the molecule is COC[C@H]1CCN1C(=O)c1cn(C)c(/C(C)=C\N)c1CC=O. The van der Waals surface area contributed by atoms with Gasteiger partial charge in [0.25, 0.3) is 5.91 Å². The molecule has 120 valence electrons. The quantitative estimate of drug-likeness (QED) is 0.794. The maximum Gasteiger partial charge on any atom is 0.256 e. The first kappa shape index (κ1) is 16.3. The Balaban J connectivity index is 2.38. The third kappa shape index (κ3) is 2.78. The summed E-state index contributed by atoms with van der Waals surface area (Å²) in [6.07, 6.45) is 5.25. The molecule has 0 aromatic carbocycles. The van der Waals surface area contributed by atoms with Crippen molar-refractivity contribution in [3.05, 3.63) is 29.2 Å². The number of allylic oxidation sites excluding steroid dienone is 1. The number of methoxy groups -OCH3 is 1. The van der Waals surface area contributed by atoms with Crippen LogP contribution in [0.3, 0.4) is 0 Å². The van der Waals surface area contributed by atoms with Gasteiger partial charge in [-0.1, -0.05) is 0 Å². The summed E-state index contributed by atoms with van der Waals surface area (Å²) in [5.74, 6) is -0.0446. The number of hydrogen-bond donors (Lipinski definition) is 1. The first-order valence-electron chi connectivity index (χ1n) is 7.35. The summed E-state index contributed by atoms with van der Waals surface area (Å²) in [5, 5.41) is 0. The van der Waals surface area contributed by atoms with Gasteiger partial charge in [-0.15, -0.1) is 0 Å². The summed E-state index contributed by atoms with van der Waals surface area (Å²) < 4.78 is 7.00. The lowest BCUT2D eigenvalue weighted by Crippen LogP contribution is -2.53. The van der Waals surface area contributed by atoms with E-state index in [9.17, 15) is 9.59 Å². The number of aldehydes is 1. The van der Waals surface area contributed by atoms with E-state index >= 15 is 0 Å². The molecule has 6 heteroatoms. The average molecular weight is 305 g/mol. The van der Waals surface area contributed by atoms with Crippen LogP contribution in [-0.4, -0.2) is 48.0 Å². The van der Waals surface area contributed by atoms with E-state index in [2.05, 4.69) is 0 Å². The lowest BCUT2D eigenvalue weighted by atomic mass is 9.99. The second-order valence-corrected chi connectivity index (χ2v) is 5.60. The van der Waals surface area contributed by atoms with Crippen LogP contribution in [0.1, 0.15) is 35.0 Å². The average Bonchev–Trinajstić information content (AvgIpc) is 2.80. The first-order valence-corrected chi connectivity index (χ1v) is 7.35. The summed E-state index contributed by atoms with van der Waals surface area (Å²) in [5.41, 5.74) is 8.60. The van der Waals surface area contributed by atoms with Crippen molar-refractivity contribution in [2.45, 2.75) is 25.8 Å². The molecule has 2 rings (SSSR count). The fraction of sp³-hybridized carbons (Fsp3) is 0.500. The van der Waals surface area contributed by atoms with Gasteiger partial charge in [0.2, 0.25) is 0 Å². The summed E-state index contributed by atoms with van der Waals surface area (Å²) in [4.78, 5) is 25.6. The second-order valence-electron chi connectivity index (χ2n) is 5.60. The molecule has 0 radical (unpaired) electrons. The highest BCUT2D eigenvalue weighted by Crippen LogP contribution is 2.28. The van der Waals surface area contributed by atoms with Gasteiger partial charge in [-0.3, -0.25) is 4.79 Å². The van der Waals surface area contributed by atoms with Gasteiger partial charge in [-0.25, -0.2) is 0 Å². The van der Waals surface area contributed by atoms with Crippen LogP contribution < -0.4 is 5.73 Å². The Morgan fingerprint density at radius 1 is 1.55 bits per heavy atom. The standard InChI is InChI=1S/C16H23N3O3/c1-11(8-17)15-13(5-7-20)14(9-18(15)2)16(21)19-6-4-12(19)10-22-3/h7-9,12H,4-6,10,17H2,1-3H3/b11-8-/t12-/m1/s1. The van der Waals surface area contributed by atoms with Gasteiger partial charge < -0.3 is 24.7 Å². The Morgan fingerprint density at radius 2 is 2.27 bits per heavy atom. The highest BCUT2D eigenvalue weighted by Gasteiger charge is 2.34. The molecule has 0 aliphatic carbocycles. The number of nitrogens with zero attached hydrogens (tertiary/aromatic N) is 2. The number of nitrogens with two attached hydrogens (primary N) is 1. The largest absolute Gasteiger partial charge is 0.404 e. The molecule has 1 aromatic rings. The first-order chi connectivity index (χ1) is 10.5. The summed E-state index contributed by atoms with van der Waals surface area (Å²) in [6, 6.07) is 0.122. The minimum absolute atomic E-state index is 0.0446. The Kier molecular flexibility index (Phi) is 5.03. The van der Waals surface area contributed by atoms with Gasteiger partial charge in [0.15, 0.2) is 0 Å². The summed E-state index contributed by atoms with van der Waals surface area (Å²) in [6.45, 7) is 3.13. The number of likely N-dealkylation sites (tertiary alicyclic amines) is 1. The Morgan fingerprint density at radius 3 is 2.77 bits per heavy atom. The van der Waals surface area contributed by atoms with Gasteiger partial charge in [-0.2, -0.15) is 0 Å². The van der Waals surface area contributed by atoms with Crippen LogP contribution in [-0.2, 0) is 23.0 Å². The fourth-order valence-corrected chi connectivity index (χ4v) is 2.97. The van der Waals surface area contributed by atoms with Crippen LogP contribution in [0.15, 0.2) is 12.4 Å². The van der Waals surface area contributed by atoms with Crippen molar-refractivity contribution < 1.29 is 14.3 Å². The number of rotatable bonds is 6. The number of hydrogen-bond acceptors (Lipinski definition) is 4. The normalized spacial score (nSPS) is 18.2. The van der Waals surface area contributed by atoms with Gasteiger partial charge in [0.1, 0.15) is 6.29 Å². The molecule has 0 bridgehead atoms. The van der Waals surface area contributed by atoms with Crippen LogP contribution in [0, 0.1) is 0 Å². The minimum Gasteiger partial charge on any atom is -0.404 e. The van der Waals surface area contributed by atoms with Crippen LogP contribution in [0.5, 0.6) is 0 Å². The van der Waals surface area contributed by atoms with Crippen molar-refractivity contribution in [1.29, 1.82) is 0 Å². The molecular weight excluding hydrogens is 282 g/mol. The second kappa shape index (κ2) is 6.79. The van der Waals surface area contributed by atoms with E-state index in [1.54, 1.807) is 18.2 Å². The molecule has 1 amide bonds. The zero-order chi connectivity index (χ0) is 16.3. The van der Waals surface area contributed by atoms with Crippen molar-refractivity contribution in [3.63, 3.8) is 0 Å². The van der Waals surface area contributed by atoms with E-state index in [-0.39, 0.29) is 18.4 Å². The highest BCUT2D eigenvalue weighted by atomic mass is 16.5. The van der Waals surface area contributed by atoms with Gasteiger partial charge in [-0.05, 0) is 30.7 Å². The fourth-order valence-electron chi connectivity index (χ4n) is 2.97. The van der Waals surface area contributed by atoms with Crippen molar-refractivity contribution in [1.82, 2.24) is 9.47 Å². The number of amides is 1. The molecule has 1 aliphatic rings.